The van der Waals surface area contributed by atoms with E-state index in [0.717, 1.165) is 41.3 Å². The van der Waals surface area contributed by atoms with Crippen LogP contribution in [0.1, 0.15) is 24.8 Å². The van der Waals surface area contributed by atoms with Gasteiger partial charge in [0, 0.05) is 13.1 Å². The van der Waals surface area contributed by atoms with Crippen molar-refractivity contribution in [2.24, 2.45) is 0 Å². The highest BCUT2D eigenvalue weighted by atomic mass is 32.2. The largest absolute Gasteiger partial charge is 0.495 e. The molecule has 0 saturated carbocycles. The van der Waals surface area contributed by atoms with Crippen molar-refractivity contribution in [1.29, 1.82) is 0 Å². The number of carbonyl (C=O) groups excluding carboxylic acids is 1. The maximum Gasteiger partial charge on any atom is 0.264 e. The lowest BCUT2D eigenvalue weighted by Crippen LogP contribution is -2.38. The number of piperidine rings is 1. The van der Waals surface area contributed by atoms with Crippen LogP contribution < -0.4 is 14.4 Å². The molecule has 0 spiro atoms. The molecular formula is C27H30FN3O6S2. The number of amides is 1. The van der Waals surface area contributed by atoms with E-state index < -0.39 is 38.3 Å². The molecule has 1 saturated heterocycles. The van der Waals surface area contributed by atoms with Gasteiger partial charge in [0.15, 0.2) is 0 Å². The summed E-state index contributed by atoms with van der Waals surface area (Å²) in [4.78, 5) is 13.2. The second kappa shape index (κ2) is 11.7. The van der Waals surface area contributed by atoms with E-state index in [1.807, 2.05) is 6.92 Å². The quantitative estimate of drug-likeness (QED) is 0.410. The molecule has 1 fully saturated rings. The van der Waals surface area contributed by atoms with Gasteiger partial charge in [-0.3, -0.25) is 9.10 Å². The molecule has 3 aromatic carbocycles. The molecule has 0 unspecified atom stereocenters. The second-order valence-corrected chi connectivity index (χ2v) is 13.0. The fourth-order valence-corrected chi connectivity index (χ4v) is 7.24. The molecule has 1 aliphatic heterocycles. The van der Waals surface area contributed by atoms with Crippen LogP contribution in [0.3, 0.4) is 0 Å². The summed E-state index contributed by atoms with van der Waals surface area (Å²) in [5.41, 5.74) is 1.01. The Bertz CT molecular complexity index is 1540. The molecule has 208 valence electrons. The summed E-state index contributed by atoms with van der Waals surface area (Å²) in [5.74, 6) is -1.11. The number of aryl methyl sites for hydroxylation is 1. The number of ether oxygens (including phenoxy) is 1. The number of halogens is 1. The Labute approximate surface area is 228 Å². The van der Waals surface area contributed by atoms with Gasteiger partial charge in [-0.25, -0.2) is 21.2 Å². The van der Waals surface area contributed by atoms with Gasteiger partial charge in [0.1, 0.15) is 18.1 Å². The lowest BCUT2D eigenvalue weighted by atomic mass is 10.2. The van der Waals surface area contributed by atoms with Crippen molar-refractivity contribution in [1.82, 2.24) is 4.31 Å². The van der Waals surface area contributed by atoms with Crippen molar-refractivity contribution in [2.75, 3.05) is 36.4 Å². The zero-order valence-electron chi connectivity index (χ0n) is 21.6. The van der Waals surface area contributed by atoms with Crippen LogP contribution in [-0.2, 0) is 24.8 Å². The van der Waals surface area contributed by atoms with Crippen molar-refractivity contribution in [3.05, 3.63) is 78.1 Å². The maximum atomic E-state index is 13.6. The summed E-state index contributed by atoms with van der Waals surface area (Å²) in [7, 11) is -6.64. The van der Waals surface area contributed by atoms with Crippen LogP contribution >= 0.6 is 0 Å². The summed E-state index contributed by atoms with van der Waals surface area (Å²) in [6, 6.07) is 15.0. The van der Waals surface area contributed by atoms with Gasteiger partial charge in [-0.05, 0) is 74.4 Å². The minimum absolute atomic E-state index is 0.0110. The Hall–Kier alpha value is -3.48. The van der Waals surface area contributed by atoms with E-state index in [1.54, 1.807) is 12.1 Å². The molecule has 12 heteroatoms. The Balaban J connectivity index is 1.65. The van der Waals surface area contributed by atoms with Gasteiger partial charge in [0.05, 0.1) is 28.3 Å². The third kappa shape index (κ3) is 6.40. The van der Waals surface area contributed by atoms with Crippen LogP contribution in [0.5, 0.6) is 5.75 Å². The summed E-state index contributed by atoms with van der Waals surface area (Å²) in [6.07, 6.45) is 2.51. The first-order chi connectivity index (χ1) is 18.5. The summed E-state index contributed by atoms with van der Waals surface area (Å²) >= 11 is 0. The third-order valence-electron chi connectivity index (χ3n) is 6.41. The molecule has 0 aromatic heterocycles. The van der Waals surface area contributed by atoms with Crippen LogP contribution in [-0.4, -0.2) is 53.8 Å². The first-order valence-corrected chi connectivity index (χ1v) is 15.2. The number of sulfonamides is 2. The van der Waals surface area contributed by atoms with Crippen LogP contribution in [0.2, 0.25) is 0 Å². The van der Waals surface area contributed by atoms with E-state index in [9.17, 15) is 26.0 Å². The zero-order chi connectivity index (χ0) is 28.2. The number of rotatable bonds is 9. The number of nitrogens with zero attached hydrogens (tertiary/aromatic N) is 2. The van der Waals surface area contributed by atoms with Crippen LogP contribution in [0.15, 0.2) is 76.5 Å². The SMILES string of the molecule is COc1ccc(S(=O)(=O)N2CCCCC2)cc1NC(=O)CN(c1ccc(F)cc1)S(=O)(=O)c1ccc(C)cc1. The second-order valence-electron chi connectivity index (χ2n) is 9.18. The predicted molar refractivity (Wildman–Crippen MR) is 146 cm³/mol. The molecule has 39 heavy (non-hydrogen) atoms. The van der Waals surface area contributed by atoms with Gasteiger partial charge in [-0.2, -0.15) is 4.31 Å². The fourth-order valence-electron chi connectivity index (χ4n) is 4.28. The van der Waals surface area contributed by atoms with Crippen LogP contribution in [0.25, 0.3) is 0 Å². The highest BCUT2D eigenvalue weighted by molar-refractivity contribution is 7.92. The summed E-state index contributed by atoms with van der Waals surface area (Å²) in [5, 5.41) is 2.59. The minimum Gasteiger partial charge on any atom is -0.495 e. The Morgan fingerprint density at radius 1 is 0.923 bits per heavy atom. The topological polar surface area (TPSA) is 113 Å². The van der Waals surface area contributed by atoms with E-state index >= 15 is 0 Å². The summed E-state index contributed by atoms with van der Waals surface area (Å²) in [6.45, 7) is 1.99. The van der Waals surface area contributed by atoms with Gasteiger partial charge in [-0.1, -0.05) is 24.1 Å². The smallest absolute Gasteiger partial charge is 0.264 e. The number of hydrogen-bond donors (Lipinski definition) is 1. The van der Waals surface area contributed by atoms with Gasteiger partial charge >= 0.3 is 0 Å². The first-order valence-electron chi connectivity index (χ1n) is 12.4. The molecule has 0 bridgehead atoms. The number of nitrogens with one attached hydrogen (secondary N) is 1. The van der Waals surface area contributed by atoms with Crippen molar-refractivity contribution < 1.29 is 30.8 Å². The number of anilines is 2. The predicted octanol–water partition coefficient (Wildman–Crippen LogP) is 4.15. The molecule has 0 radical (unpaired) electrons. The lowest BCUT2D eigenvalue weighted by Gasteiger charge is -2.26. The van der Waals surface area contributed by atoms with E-state index in [0.29, 0.717) is 13.1 Å². The highest BCUT2D eigenvalue weighted by Gasteiger charge is 2.29. The molecule has 1 heterocycles. The average Bonchev–Trinajstić information content (AvgIpc) is 2.93. The van der Waals surface area contributed by atoms with Crippen molar-refractivity contribution in [3.63, 3.8) is 0 Å². The van der Waals surface area contributed by atoms with Crippen LogP contribution in [0, 0.1) is 12.7 Å². The van der Waals surface area contributed by atoms with Gasteiger partial charge in [0.2, 0.25) is 15.9 Å². The number of benzene rings is 3. The van der Waals surface area contributed by atoms with Crippen molar-refractivity contribution in [2.45, 2.75) is 36.0 Å². The highest BCUT2D eigenvalue weighted by Crippen LogP contribution is 2.31. The van der Waals surface area contributed by atoms with E-state index in [-0.39, 0.29) is 26.9 Å². The molecular weight excluding hydrogens is 545 g/mol. The maximum absolute atomic E-state index is 13.6. The lowest BCUT2D eigenvalue weighted by molar-refractivity contribution is -0.114. The molecule has 3 aromatic rings. The normalized spacial score (nSPS) is 14.5. The van der Waals surface area contributed by atoms with E-state index in [2.05, 4.69) is 5.32 Å². The van der Waals surface area contributed by atoms with Crippen LogP contribution in [0.4, 0.5) is 15.8 Å². The average molecular weight is 576 g/mol. The molecule has 1 aliphatic rings. The van der Waals surface area contributed by atoms with E-state index in [4.69, 9.17) is 4.74 Å². The Morgan fingerprint density at radius 3 is 2.15 bits per heavy atom. The number of hydrogen-bond acceptors (Lipinski definition) is 6. The van der Waals surface area contributed by atoms with Gasteiger partial charge in [0.25, 0.3) is 10.0 Å². The molecule has 4 rings (SSSR count). The molecule has 1 N–H and O–H groups in total. The minimum atomic E-state index is -4.22. The third-order valence-corrected chi connectivity index (χ3v) is 10.1. The Kier molecular flexibility index (Phi) is 8.57. The summed E-state index contributed by atoms with van der Waals surface area (Å²) < 4.78 is 74.6. The molecule has 1 amide bonds. The monoisotopic (exact) mass is 575 g/mol. The van der Waals surface area contributed by atoms with E-state index in [1.165, 1.54) is 53.9 Å². The number of carbonyl (C=O) groups is 1. The fraction of sp³-hybridized carbons (Fsp3) is 0.296. The zero-order valence-corrected chi connectivity index (χ0v) is 23.3. The van der Waals surface area contributed by atoms with Crippen molar-refractivity contribution >= 4 is 37.3 Å². The van der Waals surface area contributed by atoms with Crippen molar-refractivity contribution in [3.8, 4) is 5.75 Å². The Morgan fingerprint density at radius 2 is 1.54 bits per heavy atom. The first kappa shape index (κ1) is 28.5. The molecule has 0 atom stereocenters. The molecule has 0 aliphatic carbocycles. The number of methoxy groups -OCH3 is 1. The molecule has 9 nitrogen and oxygen atoms in total. The van der Waals surface area contributed by atoms with Gasteiger partial charge < -0.3 is 10.1 Å². The standard InChI is InChI=1S/C27H30FN3O6S2/c1-20-6-12-23(13-7-20)39(35,36)31(22-10-8-21(28)9-11-22)19-27(32)29-25-18-24(14-15-26(25)37-2)38(33,34)30-16-4-3-5-17-30/h6-15,18H,3-5,16-17,19H2,1-2H3,(H,29,32). The van der Waals surface area contributed by atoms with Gasteiger partial charge in [-0.15, -0.1) is 0 Å².